The van der Waals surface area contributed by atoms with Crippen LogP contribution in [0.1, 0.15) is 103 Å². The third-order valence-electron chi connectivity index (χ3n) is 7.50. The molecule has 0 bridgehead atoms. The van der Waals surface area contributed by atoms with Crippen molar-refractivity contribution in [3.8, 4) is 5.75 Å². The first-order valence-corrected chi connectivity index (χ1v) is 14.9. The number of carbonyl (C=O) groups is 2. The van der Waals surface area contributed by atoms with Crippen molar-refractivity contribution in [3.63, 3.8) is 0 Å². The van der Waals surface area contributed by atoms with Crippen molar-refractivity contribution in [2.45, 2.75) is 110 Å². The molecule has 1 saturated carbocycles. The average molecular weight is 528 g/mol. The van der Waals surface area contributed by atoms with Gasteiger partial charge in [0.2, 0.25) is 11.8 Å². The molecule has 0 radical (unpaired) electrons. The lowest BCUT2D eigenvalue weighted by molar-refractivity contribution is -0.131. The molecule has 0 aromatic heterocycles. The quantitative estimate of drug-likeness (QED) is 0.286. The Balaban J connectivity index is 1.45. The summed E-state index contributed by atoms with van der Waals surface area (Å²) in [5.41, 5.74) is 7.96. The van der Waals surface area contributed by atoms with E-state index in [0.717, 1.165) is 81.5 Å². The normalized spacial score (nSPS) is 15.5. The van der Waals surface area contributed by atoms with Gasteiger partial charge in [0.15, 0.2) is 5.96 Å². The lowest BCUT2D eigenvalue weighted by Gasteiger charge is -2.29. The number of guanidine groups is 1. The highest BCUT2D eigenvalue weighted by Crippen LogP contribution is 2.29. The largest absolute Gasteiger partial charge is 0.494 e. The van der Waals surface area contributed by atoms with Crippen LogP contribution in [0.25, 0.3) is 0 Å². The summed E-state index contributed by atoms with van der Waals surface area (Å²) >= 11 is 0. The molecule has 0 saturated heterocycles. The van der Waals surface area contributed by atoms with Crippen molar-refractivity contribution in [1.29, 1.82) is 0 Å². The van der Waals surface area contributed by atoms with Crippen LogP contribution < -0.4 is 15.8 Å². The van der Waals surface area contributed by atoms with E-state index in [0.29, 0.717) is 32.0 Å². The van der Waals surface area contributed by atoms with Crippen LogP contribution in [0.2, 0.25) is 0 Å². The number of benzene rings is 1. The molecular weight excluding hydrogens is 478 g/mol. The Labute approximate surface area is 229 Å². The molecule has 3 rings (SSSR count). The number of ether oxygens (including phenoxy) is 1. The summed E-state index contributed by atoms with van der Waals surface area (Å²) in [7, 11) is 0. The van der Waals surface area contributed by atoms with Crippen LogP contribution in [0.4, 0.5) is 5.69 Å². The monoisotopic (exact) mass is 527 g/mol. The second-order valence-electron chi connectivity index (χ2n) is 10.8. The van der Waals surface area contributed by atoms with Gasteiger partial charge in [-0.1, -0.05) is 58.8 Å². The van der Waals surface area contributed by atoms with E-state index in [2.05, 4.69) is 24.2 Å². The minimum Gasteiger partial charge on any atom is -0.494 e. The summed E-state index contributed by atoms with van der Waals surface area (Å²) in [5, 5.41) is 3.15. The van der Waals surface area contributed by atoms with Crippen LogP contribution in [-0.4, -0.2) is 59.9 Å². The van der Waals surface area contributed by atoms with Gasteiger partial charge in [-0.3, -0.25) is 9.59 Å². The first kappa shape index (κ1) is 29.8. The van der Waals surface area contributed by atoms with E-state index in [1.165, 1.54) is 19.3 Å². The minimum atomic E-state index is -0.00555. The number of carbonyl (C=O) groups excluding carboxylic acids is 2. The number of hydrogen-bond donors (Lipinski definition) is 2. The Kier molecular flexibility index (Phi) is 12.7. The van der Waals surface area contributed by atoms with Crippen molar-refractivity contribution in [1.82, 2.24) is 15.1 Å². The van der Waals surface area contributed by atoms with Crippen LogP contribution in [0.5, 0.6) is 5.75 Å². The summed E-state index contributed by atoms with van der Waals surface area (Å²) in [4.78, 5) is 33.8. The molecule has 1 heterocycles. The second kappa shape index (κ2) is 16.2. The fourth-order valence-electron chi connectivity index (χ4n) is 5.24. The number of nitrogens with one attached hydrogen (secondary N) is 1. The number of aliphatic imine (C=N–C) groups is 1. The third kappa shape index (κ3) is 9.84. The maximum Gasteiger partial charge on any atom is 0.239 e. The smallest absolute Gasteiger partial charge is 0.239 e. The number of nitrogens with two attached hydrogens (primary N) is 1. The molecule has 1 aliphatic heterocycles. The lowest BCUT2D eigenvalue weighted by Crippen LogP contribution is -2.47. The summed E-state index contributed by atoms with van der Waals surface area (Å²) in [5.74, 6) is 1.35. The molecule has 2 aliphatic rings. The molecule has 0 spiro atoms. The predicted molar refractivity (Wildman–Crippen MR) is 154 cm³/mol. The van der Waals surface area contributed by atoms with Crippen molar-refractivity contribution in [2.24, 2.45) is 10.7 Å². The minimum absolute atomic E-state index is 0.00555. The van der Waals surface area contributed by atoms with Gasteiger partial charge in [-0.2, -0.15) is 0 Å². The summed E-state index contributed by atoms with van der Waals surface area (Å²) in [6.07, 6.45) is 13.7. The molecule has 0 atom stereocenters. The zero-order chi connectivity index (χ0) is 27.2. The topological polar surface area (TPSA) is 100 Å². The molecule has 0 unspecified atom stereocenters. The van der Waals surface area contributed by atoms with Crippen molar-refractivity contribution < 1.29 is 14.3 Å². The standard InChI is InChI=1S/C30H49N5O3/c1-3-5-10-18-34(19-11-6-4-2)29(37)15-12-20-38-26-16-17-27-24(21-26)22-35(30(31)33-27)23-28(36)32-25-13-8-7-9-14-25/h16-17,21,25H,3-15,18-20,22-23H2,1-2H3,(H2,31,33)(H,32,36). The van der Waals surface area contributed by atoms with Gasteiger partial charge >= 0.3 is 0 Å². The van der Waals surface area contributed by atoms with Crippen molar-refractivity contribution in [2.75, 3.05) is 26.2 Å². The first-order valence-electron chi connectivity index (χ1n) is 14.9. The molecule has 1 fully saturated rings. The predicted octanol–water partition coefficient (Wildman–Crippen LogP) is 5.27. The fourth-order valence-corrected chi connectivity index (χ4v) is 5.24. The van der Waals surface area contributed by atoms with E-state index < -0.39 is 0 Å². The van der Waals surface area contributed by atoms with E-state index in [1.54, 1.807) is 0 Å². The van der Waals surface area contributed by atoms with Gasteiger partial charge in [0.05, 0.1) is 18.8 Å². The molecule has 3 N–H and O–H groups in total. The average Bonchev–Trinajstić information content (AvgIpc) is 2.91. The van der Waals surface area contributed by atoms with Crippen LogP contribution in [0.3, 0.4) is 0 Å². The third-order valence-corrected chi connectivity index (χ3v) is 7.50. The molecular formula is C30H49N5O3. The molecule has 2 amide bonds. The summed E-state index contributed by atoms with van der Waals surface area (Å²) in [6, 6.07) is 6.05. The number of rotatable bonds is 16. The highest BCUT2D eigenvalue weighted by atomic mass is 16.5. The summed E-state index contributed by atoms with van der Waals surface area (Å²) in [6.45, 7) is 7.31. The Morgan fingerprint density at radius 3 is 2.45 bits per heavy atom. The van der Waals surface area contributed by atoms with Gasteiger partial charge in [-0.25, -0.2) is 4.99 Å². The van der Waals surface area contributed by atoms with E-state index in [4.69, 9.17) is 10.5 Å². The first-order chi connectivity index (χ1) is 18.5. The fraction of sp³-hybridized carbons (Fsp3) is 0.700. The van der Waals surface area contributed by atoms with E-state index in [1.807, 2.05) is 28.0 Å². The lowest BCUT2D eigenvalue weighted by atomic mass is 9.95. The maximum atomic E-state index is 12.8. The number of hydrogen-bond acceptors (Lipinski definition) is 6. The van der Waals surface area contributed by atoms with Gasteiger partial charge in [0, 0.05) is 37.7 Å². The number of nitrogens with zero attached hydrogens (tertiary/aromatic N) is 3. The van der Waals surface area contributed by atoms with E-state index in [9.17, 15) is 9.59 Å². The van der Waals surface area contributed by atoms with Crippen LogP contribution in [0, 0.1) is 0 Å². The van der Waals surface area contributed by atoms with E-state index in [-0.39, 0.29) is 24.4 Å². The van der Waals surface area contributed by atoms with Crippen molar-refractivity contribution >= 4 is 23.5 Å². The molecule has 1 aromatic rings. The zero-order valence-electron chi connectivity index (χ0n) is 23.7. The second-order valence-corrected chi connectivity index (χ2v) is 10.8. The highest BCUT2D eigenvalue weighted by molar-refractivity contribution is 5.88. The molecule has 212 valence electrons. The molecule has 8 nitrogen and oxygen atoms in total. The molecule has 1 aliphatic carbocycles. The van der Waals surface area contributed by atoms with Crippen LogP contribution in [-0.2, 0) is 16.1 Å². The van der Waals surface area contributed by atoms with Gasteiger partial charge in [0.1, 0.15) is 5.75 Å². The summed E-state index contributed by atoms with van der Waals surface area (Å²) < 4.78 is 5.99. The molecule has 8 heteroatoms. The van der Waals surface area contributed by atoms with Gasteiger partial charge in [-0.15, -0.1) is 0 Å². The Morgan fingerprint density at radius 1 is 1.05 bits per heavy atom. The van der Waals surface area contributed by atoms with Crippen LogP contribution >= 0.6 is 0 Å². The van der Waals surface area contributed by atoms with Gasteiger partial charge in [-0.05, 0) is 50.3 Å². The maximum absolute atomic E-state index is 12.8. The number of fused-ring (bicyclic) bond motifs is 1. The van der Waals surface area contributed by atoms with Crippen molar-refractivity contribution in [3.05, 3.63) is 23.8 Å². The Hall–Kier alpha value is -2.77. The van der Waals surface area contributed by atoms with Gasteiger partial charge < -0.3 is 25.6 Å². The SMILES string of the molecule is CCCCCN(CCCCC)C(=O)CCCOc1ccc2c(c1)CN(CC(=O)NC1CCCCC1)C(N)=N2. The Morgan fingerprint density at radius 2 is 1.76 bits per heavy atom. The van der Waals surface area contributed by atoms with Crippen LogP contribution in [0.15, 0.2) is 23.2 Å². The zero-order valence-corrected chi connectivity index (χ0v) is 23.7. The number of amides is 2. The molecule has 38 heavy (non-hydrogen) atoms. The Bertz CT molecular complexity index is 903. The van der Waals surface area contributed by atoms with Gasteiger partial charge in [0.25, 0.3) is 0 Å². The highest BCUT2D eigenvalue weighted by Gasteiger charge is 2.23. The number of unbranched alkanes of at least 4 members (excludes halogenated alkanes) is 4. The molecule has 1 aromatic carbocycles. The van der Waals surface area contributed by atoms with E-state index >= 15 is 0 Å².